The zero-order valence-electron chi connectivity index (χ0n) is 9.22. The first-order valence-corrected chi connectivity index (χ1v) is 4.94. The van der Waals surface area contributed by atoms with Gasteiger partial charge in [0.15, 0.2) is 0 Å². The van der Waals surface area contributed by atoms with E-state index in [4.69, 9.17) is 10.8 Å². The van der Waals surface area contributed by atoms with E-state index >= 15 is 0 Å². The Bertz CT molecular complexity index is 327. The van der Waals surface area contributed by atoms with Crippen LogP contribution in [0.3, 0.4) is 0 Å². The van der Waals surface area contributed by atoms with E-state index in [1.807, 2.05) is 6.92 Å². The van der Waals surface area contributed by atoms with E-state index < -0.39 is 0 Å². The summed E-state index contributed by atoms with van der Waals surface area (Å²) in [6, 6.07) is 6.77. The van der Waals surface area contributed by atoms with Crippen molar-refractivity contribution in [2.75, 3.05) is 25.4 Å². The van der Waals surface area contributed by atoms with Crippen LogP contribution in [0.2, 0.25) is 0 Å². The van der Waals surface area contributed by atoms with Crippen LogP contribution in [0, 0.1) is 0 Å². The maximum absolute atomic E-state index is 11.9. The zero-order chi connectivity index (χ0) is 11.3. The van der Waals surface area contributed by atoms with Crippen molar-refractivity contribution in [3.63, 3.8) is 0 Å². The molecule has 90 valence electrons. The fourth-order valence-corrected chi connectivity index (χ4v) is 1.33. The van der Waals surface area contributed by atoms with Crippen molar-refractivity contribution < 1.29 is 9.90 Å². The fraction of sp³-hybridized carbons (Fsp3) is 0.364. The standard InChI is InChI=1S/C11H16N2O2.ClH/c1-2-13(7-8-14)11(15)9-3-5-10(12)6-4-9;/h3-6,14H,2,7-8,12H2,1H3;1H. The third-order valence-corrected chi connectivity index (χ3v) is 2.20. The number of anilines is 1. The fourth-order valence-electron chi connectivity index (χ4n) is 1.33. The van der Waals surface area contributed by atoms with Crippen LogP contribution in [0.1, 0.15) is 17.3 Å². The predicted octanol–water partition coefficient (Wildman–Crippen LogP) is 1.14. The third-order valence-electron chi connectivity index (χ3n) is 2.20. The number of hydrogen-bond acceptors (Lipinski definition) is 3. The van der Waals surface area contributed by atoms with Gasteiger partial charge in [-0.15, -0.1) is 12.4 Å². The first kappa shape index (κ1) is 14.7. The molecule has 0 aliphatic rings. The van der Waals surface area contributed by atoms with Crippen molar-refractivity contribution in [1.82, 2.24) is 4.90 Å². The van der Waals surface area contributed by atoms with E-state index in [0.717, 1.165) is 0 Å². The summed E-state index contributed by atoms with van der Waals surface area (Å²) in [5.41, 5.74) is 6.76. The second kappa shape index (κ2) is 7.09. The molecule has 0 spiro atoms. The highest BCUT2D eigenvalue weighted by Crippen LogP contribution is 2.08. The lowest BCUT2D eigenvalue weighted by Crippen LogP contribution is -2.33. The van der Waals surface area contributed by atoms with E-state index in [0.29, 0.717) is 24.3 Å². The molecule has 0 aliphatic heterocycles. The van der Waals surface area contributed by atoms with Gasteiger partial charge in [-0.05, 0) is 31.2 Å². The van der Waals surface area contributed by atoms with Crippen LogP contribution in [0.5, 0.6) is 0 Å². The minimum absolute atomic E-state index is 0. The smallest absolute Gasteiger partial charge is 0.253 e. The normalized spacial score (nSPS) is 9.38. The van der Waals surface area contributed by atoms with Gasteiger partial charge in [0.2, 0.25) is 0 Å². The number of nitrogens with two attached hydrogens (primary N) is 1. The van der Waals surface area contributed by atoms with Crippen molar-refractivity contribution in [3.8, 4) is 0 Å². The van der Waals surface area contributed by atoms with Crippen molar-refractivity contribution in [3.05, 3.63) is 29.8 Å². The molecule has 0 aliphatic carbocycles. The van der Waals surface area contributed by atoms with Gasteiger partial charge in [-0.25, -0.2) is 0 Å². The number of hydrogen-bond donors (Lipinski definition) is 2. The van der Waals surface area contributed by atoms with Crippen molar-refractivity contribution in [1.29, 1.82) is 0 Å². The Kier molecular flexibility index (Phi) is 6.53. The Morgan fingerprint density at radius 1 is 1.38 bits per heavy atom. The van der Waals surface area contributed by atoms with Crippen LogP contribution in [0.15, 0.2) is 24.3 Å². The summed E-state index contributed by atoms with van der Waals surface area (Å²) >= 11 is 0. The number of aliphatic hydroxyl groups excluding tert-OH is 1. The molecule has 0 unspecified atom stereocenters. The maximum Gasteiger partial charge on any atom is 0.253 e. The zero-order valence-corrected chi connectivity index (χ0v) is 10.0. The molecule has 0 radical (unpaired) electrons. The summed E-state index contributed by atoms with van der Waals surface area (Å²) in [4.78, 5) is 13.4. The minimum Gasteiger partial charge on any atom is -0.399 e. The molecule has 0 heterocycles. The summed E-state index contributed by atoms with van der Waals surface area (Å²) in [6.45, 7) is 2.81. The molecule has 1 aromatic carbocycles. The van der Waals surface area contributed by atoms with Gasteiger partial charge in [0.05, 0.1) is 6.61 Å². The molecular formula is C11H17ClN2O2. The molecule has 0 bridgehead atoms. The van der Waals surface area contributed by atoms with Crippen LogP contribution < -0.4 is 5.73 Å². The number of benzene rings is 1. The Labute approximate surface area is 101 Å². The second-order valence-electron chi connectivity index (χ2n) is 3.23. The summed E-state index contributed by atoms with van der Waals surface area (Å²) in [5, 5.41) is 8.79. The highest BCUT2D eigenvalue weighted by atomic mass is 35.5. The Morgan fingerprint density at radius 3 is 2.38 bits per heavy atom. The number of nitrogen functional groups attached to an aromatic ring is 1. The van der Waals surface area contributed by atoms with Crippen LogP contribution in [-0.4, -0.2) is 35.6 Å². The number of halogens is 1. The number of rotatable bonds is 4. The molecule has 0 aromatic heterocycles. The lowest BCUT2D eigenvalue weighted by Gasteiger charge is -2.19. The van der Waals surface area contributed by atoms with Gasteiger partial charge in [0.25, 0.3) is 5.91 Å². The van der Waals surface area contributed by atoms with E-state index in [1.54, 1.807) is 29.2 Å². The van der Waals surface area contributed by atoms with E-state index in [9.17, 15) is 4.79 Å². The molecule has 1 amide bonds. The molecule has 0 saturated carbocycles. The van der Waals surface area contributed by atoms with Gasteiger partial charge < -0.3 is 15.7 Å². The monoisotopic (exact) mass is 244 g/mol. The Balaban J connectivity index is 0.00000225. The quantitative estimate of drug-likeness (QED) is 0.781. The molecule has 0 saturated heterocycles. The SMILES string of the molecule is CCN(CCO)C(=O)c1ccc(N)cc1.Cl. The highest BCUT2D eigenvalue weighted by Gasteiger charge is 2.12. The number of likely N-dealkylation sites (N-methyl/N-ethyl adjacent to an activating group) is 1. The number of nitrogens with zero attached hydrogens (tertiary/aromatic N) is 1. The van der Waals surface area contributed by atoms with Gasteiger partial charge in [-0.1, -0.05) is 0 Å². The van der Waals surface area contributed by atoms with Gasteiger partial charge in [-0.2, -0.15) is 0 Å². The van der Waals surface area contributed by atoms with Gasteiger partial charge in [-0.3, -0.25) is 4.79 Å². The van der Waals surface area contributed by atoms with Crippen LogP contribution in [0.4, 0.5) is 5.69 Å². The van der Waals surface area contributed by atoms with Gasteiger partial charge in [0, 0.05) is 24.3 Å². The highest BCUT2D eigenvalue weighted by molar-refractivity contribution is 5.94. The molecule has 3 N–H and O–H groups in total. The summed E-state index contributed by atoms with van der Waals surface area (Å²) < 4.78 is 0. The molecule has 4 nitrogen and oxygen atoms in total. The third kappa shape index (κ3) is 3.72. The summed E-state index contributed by atoms with van der Waals surface area (Å²) in [5.74, 6) is -0.0773. The summed E-state index contributed by atoms with van der Waals surface area (Å²) in [6.07, 6.45) is 0. The molecule has 0 atom stereocenters. The van der Waals surface area contributed by atoms with Crippen molar-refractivity contribution in [2.45, 2.75) is 6.92 Å². The molecule has 1 rings (SSSR count). The molecule has 0 fully saturated rings. The first-order valence-electron chi connectivity index (χ1n) is 4.94. The largest absolute Gasteiger partial charge is 0.399 e. The Morgan fingerprint density at radius 2 is 1.94 bits per heavy atom. The minimum atomic E-state index is -0.0773. The number of amides is 1. The second-order valence-corrected chi connectivity index (χ2v) is 3.23. The van der Waals surface area contributed by atoms with Crippen LogP contribution in [-0.2, 0) is 0 Å². The van der Waals surface area contributed by atoms with Crippen molar-refractivity contribution in [2.24, 2.45) is 0 Å². The van der Waals surface area contributed by atoms with Crippen molar-refractivity contribution >= 4 is 24.0 Å². The topological polar surface area (TPSA) is 66.6 Å². The lowest BCUT2D eigenvalue weighted by atomic mass is 10.2. The molecule has 5 heteroatoms. The molecular weight excluding hydrogens is 228 g/mol. The van der Waals surface area contributed by atoms with E-state index in [2.05, 4.69) is 0 Å². The first-order chi connectivity index (χ1) is 7.19. The van der Waals surface area contributed by atoms with E-state index in [-0.39, 0.29) is 24.9 Å². The maximum atomic E-state index is 11.9. The van der Waals surface area contributed by atoms with Crippen LogP contribution in [0.25, 0.3) is 0 Å². The van der Waals surface area contributed by atoms with Gasteiger partial charge >= 0.3 is 0 Å². The Hall–Kier alpha value is -1.26. The summed E-state index contributed by atoms with van der Waals surface area (Å²) in [7, 11) is 0. The van der Waals surface area contributed by atoms with Gasteiger partial charge in [0.1, 0.15) is 0 Å². The number of carbonyl (C=O) groups is 1. The average Bonchev–Trinajstić information content (AvgIpc) is 2.26. The average molecular weight is 245 g/mol. The van der Waals surface area contributed by atoms with E-state index in [1.165, 1.54) is 0 Å². The molecule has 16 heavy (non-hydrogen) atoms. The predicted molar refractivity (Wildman–Crippen MR) is 66.8 cm³/mol. The number of carbonyl (C=O) groups excluding carboxylic acids is 1. The number of aliphatic hydroxyl groups is 1. The lowest BCUT2D eigenvalue weighted by molar-refractivity contribution is 0.0732. The van der Waals surface area contributed by atoms with Crippen LogP contribution >= 0.6 is 12.4 Å². The molecule has 1 aromatic rings.